The molecule has 0 N–H and O–H groups in total. The van der Waals surface area contributed by atoms with E-state index in [0.717, 1.165) is 4.68 Å². The number of Topliss-reactive ketones (excluding diaryl/α,β-unsaturated/α-hetero) is 1. The summed E-state index contributed by atoms with van der Waals surface area (Å²) in [5.74, 6) is -2.01. The predicted molar refractivity (Wildman–Crippen MR) is 47.4 cm³/mol. The van der Waals surface area contributed by atoms with E-state index in [4.69, 9.17) is 0 Å². The summed E-state index contributed by atoms with van der Waals surface area (Å²) >= 11 is 0. The van der Waals surface area contributed by atoms with Crippen molar-refractivity contribution in [3.05, 3.63) is 35.8 Å². The molecule has 2 rings (SSSR count). The van der Waals surface area contributed by atoms with Gasteiger partial charge in [-0.1, -0.05) is 12.1 Å². The SMILES string of the molecule is CC(=O)c1c([O-])on[n+]1-c1ccccc1F. The van der Waals surface area contributed by atoms with E-state index in [2.05, 4.69) is 9.79 Å². The molecule has 0 fully saturated rings. The van der Waals surface area contributed by atoms with Crippen molar-refractivity contribution in [1.29, 1.82) is 0 Å². The van der Waals surface area contributed by atoms with Gasteiger partial charge in [0, 0.05) is 13.0 Å². The molecule has 82 valence electrons. The zero-order chi connectivity index (χ0) is 11.7. The number of rotatable bonds is 2. The molecule has 0 bridgehead atoms. The Morgan fingerprint density at radius 2 is 2.19 bits per heavy atom. The van der Waals surface area contributed by atoms with Crippen LogP contribution in [0.4, 0.5) is 4.39 Å². The van der Waals surface area contributed by atoms with Crippen LogP contribution in [0.2, 0.25) is 0 Å². The van der Waals surface area contributed by atoms with Crippen LogP contribution >= 0.6 is 0 Å². The van der Waals surface area contributed by atoms with Crippen molar-refractivity contribution in [3.63, 3.8) is 0 Å². The van der Waals surface area contributed by atoms with Gasteiger partial charge in [-0.2, -0.15) is 4.39 Å². The van der Waals surface area contributed by atoms with Crippen LogP contribution in [0, 0.1) is 5.82 Å². The maximum absolute atomic E-state index is 13.4. The molecule has 2 aromatic rings. The minimum atomic E-state index is -0.879. The largest absolute Gasteiger partial charge is 0.539 e. The molecule has 5 nitrogen and oxygen atoms in total. The van der Waals surface area contributed by atoms with E-state index in [9.17, 15) is 14.3 Å². The van der Waals surface area contributed by atoms with Crippen molar-refractivity contribution in [3.8, 4) is 11.6 Å². The van der Waals surface area contributed by atoms with Gasteiger partial charge >= 0.3 is 5.69 Å². The third-order valence-corrected chi connectivity index (χ3v) is 2.02. The van der Waals surface area contributed by atoms with Gasteiger partial charge < -0.3 is 9.63 Å². The van der Waals surface area contributed by atoms with Crippen molar-refractivity contribution in [2.24, 2.45) is 0 Å². The molecule has 0 spiro atoms. The zero-order valence-corrected chi connectivity index (χ0v) is 8.31. The highest BCUT2D eigenvalue weighted by Crippen LogP contribution is 2.12. The second-order valence-electron chi connectivity index (χ2n) is 3.13. The van der Waals surface area contributed by atoms with Crippen molar-refractivity contribution in [1.82, 2.24) is 5.27 Å². The van der Waals surface area contributed by atoms with Crippen molar-refractivity contribution in [2.45, 2.75) is 6.92 Å². The molecule has 1 aromatic heterocycles. The number of para-hydroxylation sites is 1. The molecular formula is C10H7FN2O3. The molecule has 6 heteroatoms. The number of nitrogens with zero attached hydrogens (tertiary/aromatic N) is 2. The van der Waals surface area contributed by atoms with Crippen molar-refractivity contribution < 1.29 is 23.5 Å². The Kier molecular flexibility index (Phi) is 2.40. The number of carbonyl (C=O) groups is 1. The highest BCUT2D eigenvalue weighted by atomic mass is 19.1. The lowest BCUT2D eigenvalue weighted by molar-refractivity contribution is -0.673. The van der Waals surface area contributed by atoms with Crippen LogP contribution < -0.4 is 9.79 Å². The normalized spacial score (nSPS) is 10.4. The fourth-order valence-corrected chi connectivity index (χ4v) is 1.33. The van der Waals surface area contributed by atoms with E-state index in [0.29, 0.717) is 0 Å². The molecule has 0 radical (unpaired) electrons. The molecule has 0 saturated carbocycles. The molecule has 0 amide bonds. The Labute approximate surface area is 89.7 Å². The van der Waals surface area contributed by atoms with E-state index >= 15 is 0 Å². The predicted octanol–water partition coefficient (Wildman–Crippen LogP) is 0.367. The Hall–Kier alpha value is -2.24. The first-order valence-electron chi connectivity index (χ1n) is 4.46. The summed E-state index contributed by atoms with van der Waals surface area (Å²) in [7, 11) is 0. The number of carbonyl (C=O) groups excluding carboxylic acids is 1. The maximum atomic E-state index is 13.4. The molecule has 0 aliphatic heterocycles. The van der Waals surface area contributed by atoms with Crippen LogP contribution in [0.25, 0.3) is 5.69 Å². The average molecular weight is 222 g/mol. The first-order chi connectivity index (χ1) is 7.61. The second kappa shape index (κ2) is 3.73. The first kappa shape index (κ1) is 10.3. The average Bonchev–Trinajstić information content (AvgIpc) is 2.61. The van der Waals surface area contributed by atoms with E-state index in [1.54, 1.807) is 6.07 Å². The van der Waals surface area contributed by atoms with E-state index < -0.39 is 17.5 Å². The van der Waals surface area contributed by atoms with Crippen LogP contribution in [0.5, 0.6) is 5.95 Å². The van der Waals surface area contributed by atoms with Crippen LogP contribution in [0.3, 0.4) is 0 Å². The van der Waals surface area contributed by atoms with Crippen LogP contribution in [-0.2, 0) is 0 Å². The maximum Gasteiger partial charge on any atom is 0.306 e. The molecule has 0 aliphatic carbocycles. The number of aromatic nitrogens is 2. The lowest BCUT2D eigenvalue weighted by Crippen LogP contribution is -2.39. The fourth-order valence-electron chi connectivity index (χ4n) is 1.33. The van der Waals surface area contributed by atoms with Crippen molar-refractivity contribution >= 4 is 5.78 Å². The Morgan fingerprint density at radius 3 is 2.81 bits per heavy atom. The Morgan fingerprint density at radius 1 is 1.50 bits per heavy atom. The number of hydrogen-bond acceptors (Lipinski definition) is 4. The molecule has 0 aliphatic rings. The smallest absolute Gasteiger partial charge is 0.306 e. The summed E-state index contributed by atoms with van der Waals surface area (Å²) in [5.41, 5.74) is -0.302. The van der Waals surface area contributed by atoms with Gasteiger partial charge in [-0.15, -0.1) is 0 Å². The monoisotopic (exact) mass is 222 g/mol. The topological polar surface area (TPSA) is 70.0 Å². The van der Waals surface area contributed by atoms with Gasteiger partial charge in [0.15, 0.2) is 11.8 Å². The summed E-state index contributed by atoms with van der Waals surface area (Å²) in [4.78, 5) is 11.2. The van der Waals surface area contributed by atoms with E-state index in [1.165, 1.54) is 25.1 Å². The van der Waals surface area contributed by atoms with Gasteiger partial charge in [0.2, 0.25) is 5.78 Å². The van der Waals surface area contributed by atoms with Gasteiger partial charge in [-0.05, 0) is 10.7 Å². The third-order valence-electron chi connectivity index (χ3n) is 2.02. The zero-order valence-electron chi connectivity index (χ0n) is 8.31. The Bertz CT molecular complexity index is 551. The lowest BCUT2D eigenvalue weighted by atomic mass is 10.2. The fraction of sp³-hybridized carbons (Fsp3) is 0.100. The number of benzene rings is 1. The number of ketones is 1. The molecule has 0 saturated heterocycles. The summed E-state index contributed by atoms with van der Waals surface area (Å²) in [5, 5.41) is 14.5. The molecular weight excluding hydrogens is 215 g/mol. The molecule has 0 unspecified atom stereocenters. The standard InChI is InChI=1S/C10H7FN2O3/c1-6(14)9-10(15)16-12-13(9)8-5-3-2-4-7(8)11/h2-5H,1H3. The van der Waals surface area contributed by atoms with E-state index in [-0.39, 0.29) is 11.4 Å². The summed E-state index contributed by atoms with van der Waals surface area (Å²) in [6.45, 7) is 1.19. The highest BCUT2D eigenvalue weighted by Gasteiger charge is 2.26. The molecule has 1 aromatic carbocycles. The first-order valence-corrected chi connectivity index (χ1v) is 4.46. The quantitative estimate of drug-likeness (QED) is 0.543. The van der Waals surface area contributed by atoms with Gasteiger partial charge in [-0.3, -0.25) is 4.79 Å². The van der Waals surface area contributed by atoms with E-state index in [1.807, 2.05) is 0 Å². The van der Waals surface area contributed by atoms with Gasteiger partial charge in [0.05, 0.1) is 5.27 Å². The minimum Gasteiger partial charge on any atom is -0.539 e. The summed E-state index contributed by atoms with van der Waals surface area (Å²) in [6, 6.07) is 5.65. The summed E-state index contributed by atoms with van der Waals surface area (Å²) < 4.78 is 18.6. The van der Waals surface area contributed by atoms with Gasteiger partial charge in [0.1, 0.15) is 0 Å². The van der Waals surface area contributed by atoms with Gasteiger partial charge in [0.25, 0.3) is 5.69 Å². The molecule has 0 atom stereocenters. The van der Waals surface area contributed by atoms with Crippen LogP contribution in [0.15, 0.2) is 28.8 Å². The lowest BCUT2D eigenvalue weighted by Gasteiger charge is -1.94. The molecule has 1 heterocycles. The highest BCUT2D eigenvalue weighted by molar-refractivity contribution is 5.92. The molecule has 16 heavy (non-hydrogen) atoms. The number of halogens is 1. The van der Waals surface area contributed by atoms with Gasteiger partial charge in [-0.25, -0.2) is 0 Å². The minimum absolute atomic E-state index is 0.00134. The second-order valence-corrected chi connectivity index (χ2v) is 3.13. The van der Waals surface area contributed by atoms with Crippen LogP contribution in [-0.4, -0.2) is 11.1 Å². The Balaban J connectivity index is 2.66. The van der Waals surface area contributed by atoms with Crippen LogP contribution in [0.1, 0.15) is 17.4 Å². The van der Waals surface area contributed by atoms with Crippen molar-refractivity contribution in [2.75, 3.05) is 0 Å². The number of hydrogen-bond donors (Lipinski definition) is 0. The third kappa shape index (κ3) is 1.54. The summed E-state index contributed by atoms with van der Waals surface area (Å²) in [6.07, 6.45) is 0.